The quantitative estimate of drug-likeness (QED) is 0.286. The lowest BCUT2D eigenvalue weighted by Gasteiger charge is -2.19. The van der Waals surface area contributed by atoms with Gasteiger partial charge in [-0.05, 0) is 26.3 Å². The molecule has 1 fully saturated rings. The van der Waals surface area contributed by atoms with Gasteiger partial charge in [0.15, 0.2) is 0 Å². The molecule has 0 aromatic carbocycles. The maximum absolute atomic E-state index is 5.63. The van der Waals surface area contributed by atoms with Crippen molar-refractivity contribution in [1.82, 2.24) is 5.01 Å². The van der Waals surface area contributed by atoms with Crippen LogP contribution in [-0.2, 0) is 4.74 Å². The molecule has 0 unspecified atom stereocenters. The molecule has 3 nitrogen and oxygen atoms in total. The number of hydrogen-bond donors (Lipinski definition) is 0. The molecule has 0 aromatic rings. The molecule has 3 heteroatoms. The maximum Gasteiger partial charge on any atom is 0.134 e. The Balaban J connectivity index is 2.68. The molecule has 0 saturated carbocycles. The van der Waals surface area contributed by atoms with E-state index in [1.807, 2.05) is 19.0 Å². The Morgan fingerprint density at radius 1 is 1.77 bits per heavy atom. The fourth-order valence-electron chi connectivity index (χ4n) is 1.62. The van der Waals surface area contributed by atoms with Crippen molar-refractivity contribution in [3.8, 4) is 0 Å². The zero-order chi connectivity index (χ0) is 10.1. The highest BCUT2D eigenvalue weighted by atomic mass is 16.6. The molecule has 13 heavy (non-hydrogen) atoms. The summed E-state index contributed by atoms with van der Waals surface area (Å²) in [5, 5.41) is 5.66. The summed E-state index contributed by atoms with van der Waals surface area (Å²) < 4.78 is 5.63. The van der Waals surface area contributed by atoms with Gasteiger partial charge in [-0.25, -0.2) is 0 Å². The SMILES string of the molecule is C=NN(C)C[C@@]1(/C(C)=C\C)O[C@H]1C. The molecular weight excluding hydrogens is 164 g/mol. The third kappa shape index (κ3) is 1.75. The summed E-state index contributed by atoms with van der Waals surface area (Å²) in [4.78, 5) is 0. The third-order valence-corrected chi connectivity index (χ3v) is 2.79. The van der Waals surface area contributed by atoms with Crippen LogP contribution in [0.5, 0.6) is 0 Å². The number of likely N-dealkylation sites (N-methyl/N-ethyl adjacent to an activating group) is 1. The lowest BCUT2D eigenvalue weighted by Crippen LogP contribution is -2.31. The second-order valence-corrected chi connectivity index (χ2v) is 3.58. The summed E-state index contributed by atoms with van der Waals surface area (Å²) in [6.45, 7) is 10.5. The number of epoxide rings is 1. The van der Waals surface area contributed by atoms with E-state index in [1.54, 1.807) is 0 Å². The first kappa shape index (κ1) is 10.3. The summed E-state index contributed by atoms with van der Waals surface area (Å²) in [5.41, 5.74) is 1.17. The minimum Gasteiger partial charge on any atom is -0.360 e. The zero-order valence-corrected chi connectivity index (χ0v) is 8.87. The summed E-state index contributed by atoms with van der Waals surface area (Å²) in [7, 11) is 1.91. The van der Waals surface area contributed by atoms with Crippen LogP contribution in [0.15, 0.2) is 16.8 Å². The van der Waals surface area contributed by atoms with E-state index in [0.717, 1.165) is 6.54 Å². The van der Waals surface area contributed by atoms with Gasteiger partial charge in [-0.3, -0.25) is 5.01 Å². The minimum absolute atomic E-state index is 0.106. The number of hydrogen-bond acceptors (Lipinski definition) is 3. The minimum atomic E-state index is -0.106. The molecular formula is C10H18N2O. The van der Waals surface area contributed by atoms with Gasteiger partial charge in [0.1, 0.15) is 5.60 Å². The Morgan fingerprint density at radius 2 is 2.31 bits per heavy atom. The van der Waals surface area contributed by atoms with Gasteiger partial charge in [-0.1, -0.05) is 6.08 Å². The normalized spacial score (nSPS) is 32.9. The lowest BCUT2D eigenvalue weighted by atomic mass is 9.97. The van der Waals surface area contributed by atoms with Crippen molar-refractivity contribution in [3.63, 3.8) is 0 Å². The van der Waals surface area contributed by atoms with Crippen LogP contribution in [0.4, 0.5) is 0 Å². The first-order valence-electron chi connectivity index (χ1n) is 4.56. The van der Waals surface area contributed by atoms with Crippen molar-refractivity contribution in [3.05, 3.63) is 11.6 Å². The van der Waals surface area contributed by atoms with Gasteiger partial charge in [0, 0.05) is 13.8 Å². The number of allylic oxidation sites excluding steroid dienone is 1. The van der Waals surface area contributed by atoms with Crippen molar-refractivity contribution < 1.29 is 4.74 Å². The number of nitrogens with zero attached hydrogens (tertiary/aromatic N) is 2. The Hall–Kier alpha value is -0.830. The molecule has 74 valence electrons. The van der Waals surface area contributed by atoms with E-state index in [1.165, 1.54) is 5.57 Å². The van der Waals surface area contributed by atoms with Crippen molar-refractivity contribution in [2.45, 2.75) is 32.5 Å². The molecule has 0 radical (unpaired) electrons. The van der Waals surface area contributed by atoms with Gasteiger partial charge in [-0.15, -0.1) is 0 Å². The third-order valence-electron chi connectivity index (χ3n) is 2.79. The molecule has 2 atom stereocenters. The van der Waals surface area contributed by atoms with E-state index in [0.29, 0.717) is 6.10 Å². The average molecular weight is 182 g/mol. The van der Waals surface area contributed by atoms with E-state index < -0.39 is 0 Å². The molecule has 0 N–H and O–H groups in total. The molecule has 0 spiro atoms. The van der Waals surface area contributed by atoms with Crippen LogP contribution in [-0.4, -0.2) is 37.0 Å². The van der Waals surface area contributed by atoms with Crippen LogP contribution in [0.3, 0.4) is 0 Å². The predicted octanol–water partition coefficient (Wildman–Crippen LogP) is 1.66. The number of hydrazone groups is 1. The van der Waals surface area contributed by atoms with Gasteiger partial charge >= 0.3 is 0 Å². The molecule has 1 rings (SSSR count). The van der Waals surface area contributed by atoms with E-state index in [-0.39, 0.29) is 5.60 Å². The maximum atomic E-state index is 5.63. The van der Waals surface area contributed by atoms with Crippen LogP contribution >= 0.6 is 0 Å². The summed E-state index contributed by atoms with van der Waals surface area (Å²) in [5.74, 6) is 0. The van der Waals surface area contributed by atoms with E-state index in [2.05, 4.69) is 31.7 Å². The average Bonchev–Trinajstić information content (AvgIpc) is 2.76. The number of ether oxygens (including phenoxy) is 1. The lowest BCUT2D eigenvalue weighted by molar-refractivity contribution is 0.242. The summed E-state index contributed by atoms with van der Waals surface area (Å²) >= 11 is 0. The van der Waals surface area contributed by atoms with Crippen molar-refractivity contribution in [1.29, 1.82) is 0 Å². The molecule has 0 aliphatic carbocycles. The summed E-state index contributed by atoms with van der Waals surface area (Å²) in [6.07, 6.45) is 2.40. The smallest absolute Gasteiger partial charge is 0.134 e. The summed E-state index contributed by atoms with van der Waals surface area (Å²) in [6, 6.07) is 0. The Morgan fingerprint density at radius 3 is 2.62 bits per heavy atom. The van der Waals surface area contributed by atoms with Crippen LogP contribution in [0.25, 0.3) is 0 Å². The molecule has 0 bridgehead atoms. The van der Waals surface area contributed by atoms with Crippen LogP contribution in [0.1, 0.15) is 20.8 Å². The monoisotopic (exact) mass is 182 g/mol. The molecule has 1 saturated heterocycles. The van der Waals surface area contributed by atoms with Crippen LogP contribution in [0, 0.1) is 0 Å². The largest absolute Gasteiger partial charge is 0.360 e. The second kappa shape index (κ2) is 3.50. The van der Waals surface area contributed by atoms with Crippen LogP contribution in [0.2, 0.25) is 0 Å². The highest BCUT2D eigenvalue weighted by Crippen LogP contribution is 2.43. The Kier molecular flexibility index (Phi) is 2.76. The van der Waals surface area contributed by atoms with Gasteiger partial charge in [-0.2, -0.15) is 5.10 Å². The van der Waals surface area contributed by atoms with Gasteiger partial charge < -0.3 is 4.74 Å². The van der Waals surface area contributed by atoms with Gasteiger partial charge in [0.25, 0.3) is 0 Å². The van der Waals surface area contributed by atoms with E-state index in [9.17, 15) is 0 Å². The standard InChI is InChI=1S/C10H18N2O/c1-6-8(2)10(9(3)13-10)7-12(5)11-4/h6,9H,4,7H2,1-3,5H3/b8-6-/t9-,10-/m0/s1. The predicted molar refractivity (Wildman–Crippen MR) is 54.9 cm³/mol. The highest BCUT2D eigenvalue weighted by Gasteiger charge is 2.55. The molecule has 0 aromatic heterocycles. The topological polar surface area (TPSA) is 28.1 Å². The van der Waals surface area contributed by atoms with Gasteiger partial charge in [0.2, 0.25) is 0 Å². The second-order valence-electron chi connectivity index (χ2n) is 3.58. The van der Waals surface area contributed by atoms with Gasteiger partial charge in [0.05, 0.1) is 12.6 Å². The fraction of sp³-hybridized carbons (Fsp3) is 0.700. The molecule has 1 aliphatic heterocycles. The Labute approximate surface area is 80.1 Å². The first-order chi connectivity index (χ1) is 6.06. The Bertz CT molecular complexity index is 237. The fourth-order valence-corrected chi connectivity index (χ4v) is 1.62. The van der Waals surface area contributed by atoms with Crippen molar-refractivity contribution in [2.24, 2.45) is 5.10 Å². The van der Waals surface area contributed by atoms with Crippen molar-refractivity contribution in [2.75, 3.05) is 13.6 Å². The molecule has 1 aliphatic rings. The van der Waals surface area contributed by atoms with Crippen molar-refractivity contribution >= 4 is 6.72 Å². The van der Waals surface area contributed by atoms with E-state index in [4.69, 9.17) is 4.74 Å². The highest BCUT2D eigenvalue weighted by molar-refractivity contribution is 5.27. The first-order valence-corrected chi connectivity index (χ1v) is 4.56. The molecule has 1 heterocycles. The van der Waals surface area contributed by atoms with Crippen LogP contribution < -0.4 is 0 Å². The molecule has 0 amide bonds. The number of rotatable bonds is 4. The zero-order valence-electron chi connectivity index (χ0n) is 8.87. The van der Waals surface area contributed by atoms with E-state index >= 15 is 0 Å².